The molecule has 0 atom stereocenters. The molecule has 0 radical (unpaired) electrons. The highest BCUT2D eigenvalue weighted by molar-refractivity contribution is 6.43. The van der Waals surface area contributed by atoms with E-state index >= 15 is 0 Å². The van der Waals surface area contributed by atoms with Gasteiger partial charge in [0.2, 0.25) is 0 Å². The van der Waals surface area contributed by atoms with Crippen LogP contribution in [0, 0.1) is 0 Å². The van der Waals surface area contributed by atoms with E-state index in [0.29, 0.717) is 43.2 Å². The highest BCUT2D eigenvalue weighted by Gasteiger charge is 2.19. The van der Waals surface area contributed by atoms with Crippen molar-refractivity contribution in [1.29, 1.82) is 0 Å². The molecule has 28 heavy (non-hydrogen) atoms. The Balaban J connectivity index is 1.65. The molecule has 8 heteroatoms. The molecule has 0 saturated carbocycles. The second-order valence-corrected chi connectivity index (χ2v) is 6.09. The Hall–Kier alpha value is -3.39. The first-order valence-electron chi connectivity index (χ1n) is 8.81. The first-order valence-corrected chi connectivity index (χ1v) is 8.81. The average molecular weight is 383 g/mol. The Morgan fingerprint density at radius 1 is 0.929 bits per heavy atom. The number of esters is 1. The standard InChI is InChI=1S/C20H21N3O5/c1-27-20(26)14-6-8-15(9-7-14)21-18(24)19(25)22-16-4-2-3-5-17(16)23-10-12-28-13-11-23/h2-9H,10-13H2,1H3,(H,21,24)(H,22,25). The molecule has 2 amide bonds. The number of nitrogens with one attached hydrogen (secondary N) is 2. The van der Waals surface area contributed by atoms with E-state index < -0.39 is 17.8 Å². The second-order valence-electron chi connectivity index (χ2n) is 6.09. The van der Waals surface area contributed by atoms with Crippen LogP contribution in [-0.2, 0) is 19.1 Å². The number of para-hydroxylation sites is 2. The number of rotatable bonds is 4. The van der Waals surface area contributed by atoms with Crippen LogP contribution in [0.25, 0.3) is 0 Å². The summed E-state index contributed by atoms with van der Waals surface area (Å²) < 4.78 is 9.98. The van der Waals surface area contributed by atoms with Crippen LogP contribution < -0.4 is 15.5 Å². The molecule has 0 bridgehead atoms. The van der Waals surface area contributed by atoms with Gasteiger partial charge in [0.05, 0.1) is 37.3 Å². The fourth-order valence-corrected chi connectivity index (χ4v) is 2.83. The largest absolute Gasteiger partial charge is 0.465 e. The van der Waals surface area contributed by atoms with Gasteiger partial charge in [0.25, 0.3) is 0 Å². The van der Waals surface area contributed by atoms with Crippen molar-refractivity contribution >= 4 is 34.8 Å². The summed E-state index contributed by atoms with van der Waals surface area (Å²) in [4.78, 5) is 38.1. The van der Waals surface area contributed by atoms with Gasteiger partial charge in [-0.05, 0) is 36.4 Å². The van der Waals surface area contributed by atoms with Crippen LogP contribution in [0.2, 0.25) is 0 Å². The summed E-state index contributed by atoms with van der Waals surface area (Å²) >= 11 is 0. The number of carbonyl (C=O) groups is 3. The van der Waals surface area contributed by atoms with Crippen LogP contribution in [0.15, 0.2) is 48.5 Å². The average Bonchev–Trinajstić information content (AvgIpc) is 2.74. The minimum absolute atomic E-state index is 0.351. The molecule has 2 aromatic rings. The molecule has 0 unspecified atom stereocenters. The summed E-state index contributed by atoms with van der Waals surface area (Å²) in [5.74, 6) is -2.06. The normalized spacial score (nSPS) is 13.5. The molecular formula is C20H21N3O5. The number of methoxy groups -OCH3 is 1. The SMILES string of the molecule is COC(=O)c1ccc(NC(=O)C(=O)Nc2ccccc2N2CCOCC2)cc1. The number of hydrogen-bond donors (Lipinski definition) is 2. The summed E-state index contributed by atoms with van der Waals surface area (Å²) in [6.45, 7) is 2.66. The quantitative estimate of drug-likeness (QED) is 0.618. The molecule has 0 spiro atoms. The van der Waals surface area contributed by atoms with Crippen molar-refractivity contribution < 1.29 is 23.9 Å². The minimum Gasteiger partial charge on any atom is -0.465 e. The van der Waals surface area contributed by atoms with Crippen LogP contribution in [0.1, 0.15) is 10.4 Å². The van der Waals surface area contributed by atoms with Gasteiger partial charge >= 0.3 is 17.8 Å². The summed E-state index contributed by atoms with van der Waals surface area (Å²) in [5, 5.41) is 5.17. The van der Waals surface area contributed by atoms with Gasteiger partial charge in [0, 0.05) is 18.8 Å². The molecule has 2 aromatic carbocycles. The van der Waals surface area contributed by atoms with Crippen LogP contribution in [0.4, 0.5) is 17.1 Å². The molecule has 0 aliphatic carbocycles. The van der Waals surface area contributed by atoms with Crippen molar-refractivity contribution in [2.75, 3.05) is 48.9 Å². The number of nitrogens with zero attached hydrogens (tertiary/aromatic N) is 1. The van der Waals surface area contributed by atoms with Crippen LogP contribution in [0.3, 0.4) is 0 Å². The monoisotopic (exact) mass is 383 g/mol. The van der Waals surface area contributed by atoms with Gasteiger partial charge in [0.15, 0.2) is 0 Å². The van der Waals surface area contributed by atoms with Gasteiger partial charge in [-0.3, -0.25) is 9.59 Å². The number of morpholine rings is 1. The van der Waals surface area contributed by atoms with E-state index in [9.17, 15) is 14.4 Å². The van der Waals surface area contributed by atoms with Crippen molar-refractivity contribution in [3.8, 4) is 0 Å². The van der Waals surface area contributed by atoms with E-state index in [1.54, 1.807) is 12.1 Å². The third-order valence-corrected chi connectivity index (χ3v) is 4.27. The van der Waals surface area contributed by atoms with E-state index in [1.807, 2.05) is 12.1 Å². The van der Waals surface area contributed by atoms with Crippen LogP contribution in [0.5, 0.6) is 0 Å². The summed E-state index contributed by atoms with van der Waals surface area (Å²) in [7, 11) is 1.29. The van der Waals surface area contributed by atoms with Gasteiger partial charge in [0.1, 0.15) is 0 Å². The van der Waals surface area contributed by atoms with E-state index in [4.69, 9.17) is 4.74 Å². The highest BCUT2D eigenvalue weighted by atomic mass is 16.5. The summed E-state index contributed by atoms with van der Waals surface area (Å²) in [5.41, 5.74) is 2.15. The molecule has 1 heterocycles. The van der Waals surface area contributed by atoms with E-state index in [2.05, 4.69) is 20.3 Å². The molecule has 1 fully saturated rings. The number of hydrogen-bond acceptors (Lipinski definition) is 6. The van der Waals surface area contributed by atoms with E-state index in [-0.39, 0.29) is 0 Å². The van der Waals surface area contributed by atoms with Gasteiger partial charge < -0.3 is 25.0 Å². The Bertz CT molecular complexity index is 860. The molecular weight excluding hydrogens is 362 g/mol. The third-order valence-electron chi connectivity index (χ3n) is 4.27. The predicted molar refractivity (Wildman–Crippen MR) is 105 cm³/mol. The molecule has 3 rings (SSSR count). The van der Waals surface area contributed by atoms with Crippen molar-refractivity contribution in [3.63, 3.8) is 0 Å². The molecule has 2 N–H and O–H groups in total. The zero-order valence-electron chi connectivity index (χ0n) is 15.4. The van der Waals surface area contributed by atoms with Crippen molar-refractivity contribution in [2.45, 2.75) is 0 Å². The minimum atomic E-state index is -0.803. The lowest BCUT2D eigenvalue weighted by atomic mass is 10.2. The number of carbonyl (C=O) groups excluding carboxylic acids is 3. The number of benzene rings is 2. The fraction of sp³-hybridized carbons (Fsp3) is 0.250. The highest BCUT2D eigenvalue weighted by Crippen LogP contribution is 2.26. The zero-order chi connectivity index (χ0) is 19.9. The second kappa shape index (κ2) is 9.01. The lowest BCUT2D eigenvalue weighted by molar-refractivity contribution is -0.132. The number of amides is 2. The maximum atomic E-state index is 12.3. The van der Waals surface area contributed by atoms with Gasteiger partial charge in [-0.1, -0.05) is 12.1 Å². The predicted octanol–water partition coefficient (Wildman–Crippen LogP) is 1.89. The Morgan fingerprint density at radius 2 is 1.57 bits per heavy atom. The van der Waals surface area contributed by atoms with Crippen molar-refractivity contribution in [3.05, 3.63) is 54.1 Å². The first kappa shape index (κ1) is 19.4. The van der Waals surface area contributed by atoms with Gasteiger partial charge in [-0.15, -0.1) is 0 Å². The van der Waals surface area contributed by atoms with Crippen molar-refractivity contribution in [2.24, 2.45) is 0 Å². The third kappa shape index (κ3) is 4.66. The molecule has 146 valence electrons. The fourth-order valence-electron chi connectivity index (χ4n) is 2.83. The number of ether oxygens (including phenoxy) is 2. The van der Waals surface area contributed by atoms with Gasteiger partial charge in [-0.2, -0.15) is 0 Å². The smallest absolute Gasteiger partial charge is 0.337 e. The molecule has 8 nitrogen and oxygen atoms in total. The first-order chi connectivity index (χ1) is 13.6. The van der Waals surface area contributed by atoms with E-state index in [0.717, 1.165) is 5.69 Å². The Kier molecular flexibility index (Phi) is 6.23. The summed E-state index contributed by atoms with van der Waals surface area (Å²) in [6.07, 6.45) is 0. The summed E-state index contributed by atoms with van der Waals surface area (Å²) in [6, 6.07) is 13.4. The van der Waals surface area contributed by atoms with E-state index in [1.165, 1.54) is 31.4 Å². The van der Waals surface area contributed by atoms with Crippen molar-refractivity contribution in [1.82, 2.24) is 0 Å². The number of anilines is 3. The van der Waals surface area contributed by atoms with Crippen LogP contribution in [-0.4, -0.2) is 51.2 Å². The lowest BCUT2D eigenvalue weighted by Crippen LogP contribution is -2.37. The maximum absolute atomic E-state index is 12.3. The Labute approximate surface area is 162 Å². The molecule has 1 aliphatic heterocycles. The molecule has 0 aromatic heterocycles. The van der Waals surface area contributed by atoms with Gasteiger partial charge in [-0.25, -0.2) is 4.79 Å². The van der Waals surface area contributed by atoms with Crippen LogP contribution >= 0.6 is 0 Å². The topological polar surface area (TPSA) is 97.0 Å². The molecule has 1 aliphatic rings. The molecule has 1 saturated heterocycles. The maximum Gasteiger partial charge on any atom is 0.337 e. The Morgan fingerprint density at radius 3 is 2.25 bits per heavy atom. The zero-order valence-corrected chi connectivity index (χ0v) is 15.4. The lowest BCUT2D eigenvalue weighted by Gasteiger charge is -2.30.